The van der Waals surface area contributed by atoms with Crippen molar-refractivity contribution in [3.05, 3.63) is 106 Å². The SMILES string of the molecule is O=C1C(=O)N(Cc2cccnc2)[C@H](c2ccc(Cl)cc2)C1=C(O)c1ccccc1. The molecule has 1 N–H and O–H groups in total. The Morgan fingerprint density at radius 1 is 1.00 bits per heavy atom. The Kier molecular flexibility index (Phi) is 5.14. The fourth-order valence-corrected chi connectivity index (χ4v) is 3.60. The summed E-state index contributed by atoms with van der Waals surface area (Å²) in [7, 11) is 0. The van der Waals surface area contributed by atoms with Crippen LogP contribution in [-0.4, -0.2) is 26.7 Å². The second-order valence-electron chi connectivity index (χ2n) is 6.71. The zero-order valence-electron chi connectivity index (χ0n) is 15.3. The van der Waals surface area contributed by atoms with Gasteiger partial charge in [0.1, 0.15) is 5.76 Å². The van der Waals surface area contributed by atoms with Crippen LogP contribution in [0.1, 0.15) is 22.7 Å². The zero-order valence-corrected chi connectivity index (χ0v) is 16.1. The maximum Gasteiger partial charge on any atom is 0.295 e. The van der Waals surface area contributed by atoms with Gasteiger partial charge in [-0.1, -0.05) is 60.1 Å². The summed E-state index contributed by atoms with van der Waals surface area (Å²) >= 11 is 6.02. The van der Waals surface area contributed by atoms with Gasteiger partial charge in [0.2, 0.25) is 0 Å². The first kappa shape index (κ1) is 18.9. The molecule has 0 saturated carbocycles. The molecule has 3 aromatic rings. The van der Waals surface area contributed by atoms with Gasteiger partial charge in [-0.15, -0.1) is 0 Å². The number of benzene rings is 2. The van der Waals surface area contributed by atoms with Crippen molar-refractivity contribution >= 4 is 29.1 Å². The van der Waals surface area contributed by atoms with Crippen LogP contribution in [0.3, 0.4) is 0 Å². The number of hydrogen-bond donors (Lipinski definition) is 1. The van der Waals surface area contributed by atoms with E-state index in [1.54, 1.807) is 67.0 Å². The third kappa shape index (κ3) is 3.65. The van der Waals surface area contributed by atoms with Crippen molar-refractivity contribution in [2.24, 2.45) is 0 Å². The molecule has 1 fully saturated rings. The van der Waals surface area contributed by atoms with Crippen molar-refractivity contribution in [3.63, 3.8) is 0 Å². The van der Waals surface area contributed by atoms with Crippen LogP contribution in [0.2, 0.25) is 5.02 Å². The molecule has 1 aliphatic rings. The monoisotopic (exact) mass is 404 g/mol. The Morgan fingerprint density at radius 2 is 1.72 bits per heavy atom. The molecule has 1 saturated heterocycles. The zero-order chi connectivity index (χ0) is 20.4. The average Bonchev–Trinajstić information content (AvgIpc) is 3.00. The number of halogens is 1. The minimum atomic E-state index is -0.729. The van der Waals surface area contributed by atoms with Crippen LogP contribution in [0.5, 0.6) is 0 Å². The van der Waals surface area contributed by atoms with Gasteiger partial charge >= 0.3 is 0 Å². The summed E-state index contributed by atoms with van der Waals surface area (Å²) in [6, 6.07) is 18.5. The normalized spacial score (nSPS) is 18.2. The Hall–Kier alpha value is -3.44. The number of hydrogen-bond acceptors (Lipinski definition) is 4. The molecule has 0 bridgehead atoms. The summed E-state index contributed by atoms with van der Waals surface area (Å²) in [6.45, 7) is 0.192. The van der Waals surface area contributed by atoms with E-state index in [2.05, 4.69) is 4.98 Å². The van der Waals surface area contributed by atoms with E-state index in [0.717, 1.165) is 5.56 Å². The topological polar surface area (TPSA) is 70.5 Å². The van der Waals surface area contributed by atoms with Gasteiger partial charge in [-0.25, -0.2) is 0 Å². The molecule has 0 unspecified atom stereocenters. The predicted molar refractivity (Wildman–Crippen MR) is 110 cm³/mol. The number of ketones is 1. The van der Waals surface area contributed by atoms with Crippen LogP contribution in [0, 0.1) is 0 Å². The summed E-state index contributed by atoms with van der Waals surface area (Å²) in [5.41, 5.74) is 2.02. The van der Waals surface area contributed by atoms with Gasteiger partial charge in [0.05, 0.1) is 11.6 Å². The van der Waals surface area contributed by atoms with Crippen LogP contribution in [-0.2, 0) is 16.1 Å². The maximum atomic E-state index is 12.9. The molecule has 1 aromatic heterocycles. The molecule has 2 aromatic carbocycles. The lowest BCUT2D eigenvalue weighted by atomic mass is 9.95. The van der Waals surface area contributed by atoms with Gasteiger partial charge in [0.25, 0.3) is 11.7 Å². The van der Waals surface area contributed by atoms with E-state index in [9.17, 15) is 14.7 Å². The first-order valence-electron chi connectivity index (χ1n) is 9.04. The lowest BCUT2D eigenvalue weighted by Gasteiger charge is -2.25. The Morgan fingerprint density at radius 3 is 2.38 bits per heavy atom. The number of aliphatic hydroxyl groups excluding tert-OH is 1. The van der Waals surface area contributed by atoms with Gasteiger partial charge in [0.15, 0.2) is 0 Å². The fraction of sp³-hybridized carbons (Fsp3) is 0.0870. The number of carbonyl (C=O) groups excluding carboxylic acids is 2. The highest BCUT2D eigenvalue weighted by Gasteiger charge is 2.46. The Labute approximate surface area is 172 Å². The molecule has 2 heterocycles. The lowest BCUT2D eigenvalue weighted by molar-refractivity contribution is -0.140. The molecule has 1 aliphatic heterocycles. The van der Waals surface area contributed by atoms with Crippen LogP contribution >= 0.6 is 11.6 Å². The number of amides is 1. The third-order valence-corrected chi connectivity index (χ3v) is 5.10. The van der Waals surface area contributed by atoms with E-state index < -0.39 is 17.7 Å². The fourth-order valence-electron chi connectivity index (χ4n) is 3.47. The number of aromatic nitrogens is 1. The Balaban J connectivity index is 1.86. The second kappa shape index (κ2) is 7.89. The van der Waals surface area contributed by atoms with Gasteiger partial charge in [0, 0.05) is 29.5 Å². The smallest absolute Gasteiger partial charge is 0.295 e. The third-order valence-electron chi connectivity index (χ3n) is 4.85. The summed E-state index contributed by atoms with van der Waals surface area (Å²) < 4.78 is 0. The van der Waals surface area contributed by atoms with E-state index in [1.165, 1.54) is 4.90 Å². The molecule has 5 nitrogen and oxygen atoms in total. The molecule has 1 atom stereocenters. The maximum absolute atomic E-state index is 12.9. The van der Waals surface area contributed by atoms with Crippen molar-refractivity contribution < 1.29 is 14.7 Å². The van der Waals surface area contributed by atoms with Crippen molar-refractivity contribution in [2.45, 2.75) is 12.6 Å². The number of rotatable bonds is 4. The quantitative estimate of drug-likeness (QED) is 0.398. The largest absolute Gasteiger partial charge is 0.507 e. The van der Waals surface area contributed by atoms with Crippen molar-refractivity contribution in [1.82, 2.24) is 9.88 Å². The first-order chi connectivity index (χ1) is 14.1. The van der Waals surface area contributed by atoms with Crippen molar-refractivity contribution in [3.8, 4) is 0 Å². The molecule has 6 heteroatoms. The summed E-state index contributed by atoms with van der Waals surface area (Å²) in [4.78, 5) is 31.3. The minimum absolute atomic E-state index is 0.0624. The number of carbonyl (C=O) groups is 2. The highest BCUT2D eigenvalue weighted by molar-refractivity contribution is 6.46. The summed E-state index contributed by atoms with van der Waals surface area (Å²) in [5, 5.41) is 11.5. The summed E-state index contributed by atoms with van der Waals surface area (Å²) in [5.74, 6) is -1.57. The molecule has 0 aliphatic carbocycles. The molecule has 1 amide bonds. The second-order valence-corrected chi connectivity index (χ2v) is 7.14. The van der Waals surface area contributed by atoms with Crippen molar-refractivity contribution in [2.75, 3.05) is 0 Å². The number of nitrogens with zero attached hydrogens (tertiary/aromatic N) is 2. The van der Waals surface area contributed by atoms with Gasteiger partial charge < -0.3 is 10.0 Å². The Bertz CT molecular complexity index is 1080. The number of pyridine rings is 1. The van der Waals surface area contributed by atoms with E-state index in [1.807, 2.05) is 12.1 Å². The molecule has 144 valence electrons. The van der Waals surface area contributed by atoms with Gasteiger partial charge in [-0.05, 0) is 29.3 Å². The first-order valence-corrected chi connectivity index (χ1v) is 9.42. The van der Waals surface area contributed by atoms with E-state index in [-0.39, 0.29) is 17.9 Å². The molecular weight excluding hydrogens is 388 g/mol. The van der Waals surface area contributed by atoms with Crippen LogP contribution < -0.4 is 0 Å². The highest BCUT2D eigenvalue weighted by Crippen LogP contribution is 2.40. The molecular formula is C23H17ClN2O3. The van der Waals surface area contributed by atoms with E-state index in [4.69, 9.17) is 11.6 Å². The van der Waals surface area contributed by atoms with E-state index >= 15 is 0 Å². The van der Waals surface area contributed by atoms with Crippen molar-refractivity contribution in [1.29, 1.82) is 0 Å². The number of Topliss-reactive ketones (excluding diaryl/α,β-unsaturated/α-hetero) is 1. The van der Waals surface area contributed by atoms with Crippen LogP contribution in [0.4, 0.5) is 0 Å². The predicted octanol–water partition coefficient (Wildman–Crippen LogP) is 4.36. The summed E-state index contributed by atoms with van der Waals surface area (Å²) in [6.07, 6.45) is 3.29. The number of likely N-dealkylation sites (tertiary alicyclic amines) is 1. The van der Waals surface area contributed by atoms with E-state index in [0.29, 0.717) is 16.1 Å². The van der Waals surface area contributed by atoms with Gasteiger partial charge in [-0.2, -0.15) is 0 Å². The molecule has 0 spiro atoms. The van der Waals surface area contributed by atoms with Gasteiger partial charge in [-0.3, -0.25) is 14.6 Å². The molecule has 29 heavy (non-hydrogen) atoms. The molecule has 4 rings (SSSR count). The number of aliphatic hydroxyl groups is 1. The molecule has 0 radical (unpaired) electrons. The highest BCUT2D eigenvalue weighted by atomic mass is 35.5. The van der Waals surface area contributed by atoms with Crippen LogP contribution in [0.25, 0.3) is 5.76 Å². The lowest BCUT2D eigenvalue weighted by Crippen LogP contribution is -2.29. The standard InChI is InChI=1S/C23H17ClN2O3/c24-18-10-8-16(9-11-18)20-19(21(27)17-6-2-1-3-7-17)22(28)23(29)26(20)14-15-5-4-12-25-13-15/h1-13,20,27H,14H2/t20-/m1/s1. The minimum Gasteiger partial charge on any atom is -0.507 e. The average molecular weight is 405 g/mol. The van der Waals surface area contributed by atoms with Crippen LogP contribution in [0.15, 0.2) is 84.7 Å².